The van der Waals surface area contributed by atoms with Crippen LogP contribution in [-0.2, 0) is 6.54 Å². The molecule has 0 aliphatic carbocycles. The van der Waals surface area contributed by atoms with E-state index in [-0.39, 0.29) is 24.5 Å². The summed E-state index contributed by atoms with van der Waals surface area (Å²) < 4.78 is 12.5. The molecule has 6 rings (SSSR count). The number of urea groups is 1. The highest BCUT2D eigenvalue weighted by Gasteiger charge is 2.33. The maximum atomic E-state index is 13.9. The summed E-state index contributed by atoms with van der Waals surface area (Å²) in [6, 6.07) is 35.6. The molecule has 0 unspecified atom stereocenters. The summed E-state index contributed by atoms with van der Waals surface area (Å²) in [6.07, 6.45) is -0.251. The number of nitrogens with zero attached hydrogens (tertiary/aromatic N) is 2. The number of carbonyl (C=O) groups excluding carboxylic acids is 2. The number of nitrogens with one attached hydrogen (secondary N) is 2. The van der Waals surface area contributed by atoms with Crippen LogP contribution >= 0.6 is 0 Å². The normalized spacial score (nSPS) is 16.7. The molecule has 0 saturated carbocycles. The zero-order valence-electron chi connectivity index (χ0n) is 28.0. The van der Waals surface area contributed by atoms with Gasteiger partial charge in [-0.1, -0.05) is 73.7 Å². The number of likely N-dealkylation sites (N-methyl/N-ethyl adjacent to an activating group) is 1. The van der Waals surface area contributed by atoms with E-state index in [1.165, 1.54) is 0 Å². The van der Waals surface area contributed by atoms with Gasteiger partial charge in [-0.15, -0.1) is 0 Å². The Kier molecular flexibility index (Phi) is 10.4. The van der Waals surface area contributed by atoms with Gasteiger partial charge >= 0.3 is 6.03 Å². The highest BCUT2D eigenvalue weighted by atomic mass is 16.5. The van der Waals surface area contributed by atoms with Crippen molar-refractivity contribution >= 4 is 34.1 Å². The van der Waals surface area contributed by atoms with Gasteiger partial charge in [0.25, 0.3) is 5.91 Å². The molecule has 1 aliphatic heterocycles. The standard InChI is InChI=1S/C40H42N4O5/c1-27-23-44(28(2)26-45)39(46)35-22-31(41-40(47)42-36-15-9-11-30-10-7-8-14-34(30)36)18-21-37(35)49-38(27)25-43(3)24-29-16-19-33(20-17-29)48-32-12-5-4-6-13-32/h4-22,27-28,38,45H,23-26H2,1-3H3,(H2,41,42,47)/t27-,28-,38-/m1/s1. The third-order valence-corrected chi connectivity index (χ3v) is 8.81. The molecule has 9 heteroatoms. The minimum Gasteiger partial charge on any atom is -0.488 e. The number of aliphatic hydroxyl groups excluding tert-OH is 1. The lowest BCUT2D eigenvalue weighted by atomic mass is 9.99. The van der Waals surface area contributed by atoms with Crippen LogP contribution in [0.2, 0.25) is 0 Å². The van der Waals surface area contributed by atoms with Crippen LogP contribution in [0.4, 0.5) is 16.2 Å². The predicted molar refractivity (Wildman–Crippen MR) is 193 cm³/mol. The highest BCUT2D eigenvalue weighted by molar-refractivity contribution is 6.07. The topological polar surface area (TPSA) is 103 Å². The second kappa shape index (κ2) is 15.2. The Morgan fingerprint density at radius 2 is 1.65 bits per heavy atom. The van der Waals surface area contributed by atoms with Crippen LogP contribution in [0.25, 0.3) is 10.8 Å². The summed E-state index contributed by atoms with van der Waals surface area (Å²) in [7, 11) is 2.05. The first-order valence-electron chi connectivity index (χ1n) is 16.6. The molecule has 0 bridgehead atoms. The van der Waals surface area contributed by atoms with Crippen molar-refractivity contribution < 1.29 is 24.2 Å². The third-order valence-electron chi connectivity index (χ3n) is 8.81. The van der Waals surface area contributed by atoms with E-state index < -0.39 is 12.1 Å². The number of benzene rings is 5. The van der Waals surface area contributed by atoms with E-state index in [0.29, 0.717) is 42.3 Å². The van der Waals surface area contributed by atoms with Crippen LogP contribution in [0, 0.1) is 5.92 Å². The van der Waals surface area contributed by atoms with Crippen LogP contribution in [-0.4, -0.2) is 65.7 Å². The summed E-state index contributed by atoms with van der Waals surface area (Å²) in [5.74, 6) is 1.71. The Balaban J connectivity index is 1.17. The average molecular weight is 659 g/mol. The van der Waals surface area contributed by atoms with Gasteiger partial charge in [0.2, 0.25) is 0 Å². The van der Waals surface area contributed by atoms with Gasteiger partial charge in [-0.25, -0.2) is 4.79 Å². The molecule has 49 heavy (non-hydrogen) atoms. The van der Waals surface area contributed by atoms with Crippen LogP contribution in [0.1, 0.15) is 29.8 Å². The van der Waals surface area contributed by atoms with Crippen molar-refractivity contribution in [1.29, 1.82) is 0 Å². The Bertz CT molecular complexity index is 1890. The molecule has 0 fully saturated rings. The van der Waals surface area contributed by atoms with Gasteiger partial charge in [-0.2, -0.15) is 0 Å². The number of ether oxygens (including phenoxy) is 2. The summed E-state index contributed by atoms with van der Waals surface area (Å²) in [5, 5.41) is 17.8. The number of hydrogen-bond acceptors (Lipinski definition) is 6. The summed E-state index contributed by atoms with van der Waals surface area (Å²) in [5.41, 5.74) is 2.59. The number of rotatable bonds is 10. The first-order valence-corrected chi connectivity index (χ1v) is 16.6. The van der Waals surface area contributed by atoms with Crippen molar-refractivity contribution in [3.63, 3.8) is 0 Å². The minimum atomic E-state index is -0.427. The molecular formula is C40H42N4O5. The van der Waals surface area contributed by atoms with Gasteiger partial charge in [0, 0.05) is 36.6 Å². The summed E-state index contributed by atoms with van der Waals surface area (Å²) >= 11 is 0. The van der Waals surface area contributed by atoms with Crippen molar-refractivity contribution in [3.8, 4) is 17.2 Å². The van der Waals surface area contributed by atoms with Gasteiger partial charge < -0.3 is 30.1 Å². The molecule has 9 nitrogen and oxygen atoms in total. The zero-order valence-corrected chi connectivity index (χ0v) is 28.0. The number of hydrogen-bond donors (Lipinski definition) is 3. The van der Waals surface area contributed by atoms with E-state index in [9.17, 15) is 14.7 Å². The lowest BCUT2D eigenvalue weighted by Crippen LogP contribution is -2.49. The van der Waals surface area contributed by atoms with E-state index >= 15 is 0 Å². The molecule has 3 N–H and O–H groups in total. The zero-order chi connectivity index (χ0) is 34.3. The number of para-hydroxylation sites is 1. The minimum absolute atomic E-state index is 0.0283. The maximum Gasteiger partial charge on any atom is 0.323 e. The molecule has 0 spiro atoms. The van der Waals surface area contributed by atoms with Gasteiger partial charge in [0.05, 0.1) is 23.9 Å². The van der Waals surface area contributed by atoms with E-state index in [4.69, 9.17) is 9.47 Å². The highest BCUT2D eigenvalue weighted by Crippen LogP contribution is 2.31. The first kappa shape index (κ1) is 33.5. The second-order valence-corrected chi connectivity index (χ2v) is 12.7. The molecule has 3 atom stereocenters. The number of fused-ring (bicyclic) bond motifs is 2. The monoisotopic (exact) mass is 658 g/mol. The maximum absolute atomic E-state index is 13.9. The first-order chi connectivity index (χ1) is 23.8. The molecule has 3 amide bonds. The van der Waals surface area contributed by atoms with Crippen molar-refractivity contribution in [1.82, 2.24) is 9.80 Å². The molecule has 0 saturated heterocycles. The quantitative estimate of drug-likeness (QED) is 0.143. The third kappa shape index (κ3) is 8.20. The smallest absolute Gasteiger partial charge is 0.323 e. The molecular weight excluding hydrogens is 616 g/mol. The number of aliphatic hydroxyl groups is 1. The van der Waals surface area contributed by atoms with Crippen LogP contribution in [0.3, 0.4) is 0 Å². The van der Waals surface area contributed by atoms with Crippen molar-refractivity contribution in [2.24, 2.45) is 5.92 Å². The van der Waals surface area contributed by atoms with Gasteiger partial charge in [0.1, 0.15) is 23.4 Å². The Morgan fingerprint density at radius 1 is 0.939 bits per heavy atom. The fourth-order valence-electron chi connectivity index (χ4n) is 6.11. The number of carbonyl (C=O) groups is 2. The van der Waals surface area contributed by atoms with Gasteiger partial charge in [-0.05, 0) is 73.5 Å². The lowest BCUT2D eigenvalue weighted by molar-refractivity contribution is 0.0341. The molecule has 1 heterocycles. The van der Waals surface area contributed by atoms with Crippen LogP contribution in [0.5, 0.6) is 17.2 Å². The second-order valence-electron chi connectivity index (χ2n) is 12.7. The Morgan fingerprint density at radius 3 is 2.43 bits per heavy atom. The number of amides is 3. The van der Waals surface area contributed by atoms with E-state index in [1.54, 1.807) is 23.1 Å². The van der Waals surface area contributed by atoms with Crippen molar-refractivity contribution in [2.45, 2.75) is 32.5 Å². The van der Waals surface area contributed by atoms with E-state index in [2.05, 4.69) is 34.6 Å². The van der Waals surface area contributed by atoms with Gasteiger partial charge in [0.15, 0.2) is 0 Å². The van der Waals surface area contributed by atoms with Crippen molar-refractivity contribution in [3.05, 3.63) is 126 Å². The molecule has 0 radical (unpaired) electrons. The van der Waals surface area contributed by atoms with Crippen molar-refractivity contribution in [2.75, 3.05) is 37.4 Å². The molecule has 252 valence electrons. The van der Waals surface area contributed by atoms with Crippen LogP contribution in [0.15, 0.2) is 115 Å². The predicted octanol–water partition coefficient (Wildman–Crippen LogP) is 7.63. The van der Waals surface area contributed by atoms with Crippen LogP contribution < -0.4 is 20.1 Å². The van der Waals surface area contributed by atoms with Gasteiger partial charge in [-0.3, -0.25) is 9.69 Å². The summed E-state index contributed by atoms with van der Waals surface area (Å²) in [4.78, 5) is 30.9. The fourth-order valence-corrected chi connectivity index (χ4v) is 6.11. The molecule has 0 aromatic heterocycles. The van der Waals surface area contributed by atoms with E-state index in [1.807, 2.05) is 98.9 Å². The SMILES string of the molecule is C[C@@H]1CN([C@H](C)CO)C(=O)c2cc(NC(=O)Nc3cccc4ccccc34)ccc2O[C@@H]1CN(C)Cc1ccc(Oc2ccccc2)cc1. The number of anilines is 2. The fraction of sp³-hybridized carbons (Fsp3) is 0.250. The Labute approximate surface area is 287 Å². The molecule has 5 aromatic rings. The van der Waals surface area contributed by atoms with E-state index in [0.717, 1.165) is 27.8 Å². The molecule has 1 aliphatic rings. The Hall–Kier alpha value is -5.38. The molecule has 5 aromatic carbocycles. The average Bonchev–Trinajstić information content (AvgIpc) is 3.11. The largest absolute Gasteiger partial charge is 0.488 e. The summed E-state index contributed by atoms with van der Waals surface area (Å²) in [6.45, 7) is 5.43. The lowest BCUT2D eigenvalue weighted by Gasteiger charge is -2.38.